The molecule has 2 heterocycles. The van der Waals surface area contributed by atoms with E-state index in [1.807, 2.05) is 59.2 Å². The average Bonchev–Trinajstić information content (AvgIpc) is 3.45. The third-order valence-electron chi connectivity index (χ3n) is 5.64. The van der Waals surface area contributed by atoms with E-state index in [1.54, 1.807) is 11.9 Å². The second-order valence-electron chi connectivity index (χ2n) is 7.79. The Bertz CT molecular complexity index is 1040. The number of para-hydroxylation sites is 3. The zero-order chi connectivity index (χ0) is 21.6. The van der Waals surface area contributed by atoms with Crippen molar-refractivity contribution in [2.75, 3.05) is 25.1 Å². The molecule has 1 fully saturated rings. The van der Waals surface area contributed by atoms with Crippen LogP contribution in [0.3, 0.4) is 0 Å². The van der Waals surface area contributed by atoms with Gasteiger partial charge in [0.2, 0.25) is 11.8 Å². The highest BCUT2D eigenvalue weighted by Crippen LogP contribution is 2.19. The number of fused-ring (bicyclic) bond motifs is 1. The molecule has 0 aliphatic carbocycles. The molecular formula is C24H28N4O3. The van der Waals surface area contributed by atoms with Crippen LogP contribution in [0.15, 0.2) is 54.6 Å². The van der Waals surface area contributed by atoms with E-state index in [0.29, 0.717) is 19.6 Å². The summed E-state index contributed by atoms with van der Waals surface area (Å²) in [7, 11) is 1.79. The topological polar surface area (TPSA) is 76.5 Å². The first-order valence-electron chi connectivity index (χ1n) is 10.8. The van der Waals surface area contributed by atoms with Crippen molar-refractivity contribution in [3.63, 3.8) is 0 Å². The number of ether oxygens (including phenoxy) is 1. The molecule has 162 valence electrons. The number of anilines is 1. The highest BCUT2D eigenvalue weighted by atomic mass is 16.5. The first-order chi connectivity index (χ1) is 15.1. The Labute approximate surface area is 182 Å². The van der Waals surface area contributed by atoms with Crippen LogP contribution in [-0.2, 0) is 27.3 Å². The minimum atomic E-state index is -0.310. The molecule has 1 aliphatic heterocycles. The number of imidazole rings is 1. The van der Waals surface area contributed by atoms with Gasteiger partial charge in [-0.15, -0.1) is 0 Å². The average molecular weight is 421 g/mol. The monoisotopic (exact) mass is 420 g/mol. The highest BCUT2D eigenvalue weighted by molar-refractivity contribution is 5.93. The summed E-state index contributed by atoms with van der Waals surface area (Å²) >= 11 is 0. The van der Waals surface area contributed by atoms with Crippen molar-refractivity contribution >= 4 is 28.5 Å². The highest BCUT2D eigenvalue weighted by Gasteiger charge is 2.23. The number of carbonyl (C=O) groups is 2. The summed E-state index contributed by atoms with van der Waals surface area (Å²) in [6.45, 7) is 1.43. The lowest BCUT2D eigenvalue weighted by molar-refractivity contribution is -0.130. The van der Waals surface area contributed by atoms with E-state index in [1.165, 1.54) is 0 Å². The van der Waals surface area contributed by atoms with Crippen molar-refractivity contribution < 1.29 is 14.3 Å². The summed E-state index contributed by atoms with van der Waals surface area (Å²) in [4.78, 5) is 31.5. The minimum absolute atomic E-state index is 0.0118. The maximum atomic E-state index is 13.0. The molecule has 2 aromatic carbocycles. The molecule has 1 atom stereocenters. The van der Waals surface area contributed by atoms with Crippen molar-refractivity contribution in [1.29, 1.82) is 0 Å². The first kappa shape index (κ1) is 21.1. The fourth-order valence-corrected chi connectivity index (χ4v) is 3.89. The van der Waals surface area contributed by atoms with Crippen LogP contribution in [0.5, 0.6) is 0 Å². The largest absolute Gasteiger partial charge is 0.368 e. The number of amides is 2. The standard InChI is InChI=1S/C24H28N4O3/c1-27(18-9-3-2-4-10-18)23(29)17-28-20-12-6-5-11-19(20)26-22(28)14-7-15-25-24(30)21-13-8-16-31-21/h2-6,9-12,21H,7-8,13-17H2,1H3,(H,25,30). The predicted octanol–water partition coefficient (Wildman–Crippen LogP) is 2.93. The van der Waals surface area contributed by atoms with Gasteiger partial charge in [-0.2, -0.15) is 0 Å². The van der Waals surface area contributed by atoms with Gasteiger partial charge in [-0.05, 0) is 43.5 Å². The second kappa shape index (κ2) is 9.75. The van der Waals surface area contributed by atoms with Gasteiger partial charge in [-0.3, -0.25) is 9.59 Å². The van der Waals surface area contributed by atoms with Crippen LogP contribution in [0.4, 0.5) is 5.69 Å². The number of hydrogen-bond donors (Lipinski definition) is 1. The zero-order valence-corrected chi connectivity index (χ0v) is 17.8. The third-order valence-corrected chi connectivity index (χ3v) is 5.64. The summed E-state index contributed by atoms with van der Waals surface area (Å²) in [5.41, 5.74) is 2.67. The molecule has 7 nitrogen and oxygen atoms in total. The molecular weight excluding hydrogens is 392 g/mol. The lowest BCUT2D eigenvalue weighted by atomic mass is 10.2. The molecule has 0 spiro atoms. The molecule has 1 N–H and O–H groups in total. The molecule has 4 rings (SSSR count). The van der Waals surface area contributed by atoms with Gasteiger partial charge in [0.05, 0.1) is 11.0 Å². The van der Waals surface area contributed by atoms with Gasteiger partial charge in [0.25, 0.3) is 0 Å². The van der Waals surface area contributed by atoms with Crippen molar-refractivity contribution in [2.45, 2.75) is 38.3 Å². The van der Waals surface area contributed by atoms with Gasteiger partial charge in [-0.25, -0.2) is 4.98 Å². The molecule has 3 aromatic rings. The van der Waals surface area contributed by atoms with Gasteiger partial charge in [0.15, 0.2) is 0 Å². The molecule has 7 heteroatoms. The van der Waals surface area contributed by atoms with Gasteiger partial charge < -0.3 is 19.5 Å². The molecule has 2 amide bonds. The fourth-order valence-electron chi connectivity index (χ4n) is 3.89. The van der Waals surface area contributed by atoms with Crippen LogP contribution in [0.1, 0.15) is 25.1 Å². The molecule has 0 bridgehead atoms. The van der Waals surface area contributed by atoms with Crippen LogP contribution >= 0.6 is 0 Å². The van der Waals surface area contributed by atoms with Crippen LogP contribution in [0.25, 0.3) is 11.0 Å². The predicted molar refractivity (Wildman–Crippen MR) is 120 cm³/mol. The molecule has 1 aliphatic rings. The van der Waals surface area contributed by atoms with E-state index < -0.39 is 0 Å². The Hall–Kier alpha value is -3.19. The number of nitrogens with one attached hydrogen (secondary N) is 1. The van der Waals surface area contributed by atoms with Crippen molar-refractivity contribution in [1.82, 2.24) is 14.9 Å². The maximum absolute atomic E-state index is 13.0. The second-order valence-corrected chi connectivity index (χ2v) is 7.79. The lowest BCUT2D eigenvalue weighted by Crippen LogP contribution is -2.35. The summed E-state index contributed by atoms with van der Waals surface area (Å²) in [5.74, 6) is 0.801. The summed E-state index contributed by atoms with van der Waals surface area (Å²) in [5, 5.41) is 2.95. The Kier molecular flexibility index (Phi) is 6.62. The first-order valence-corrected chi connectivity index (χ1v) is 10.8. The number of aryl methyl sites for hydroxylation is 1. The van der Waals surface area contributed by atoms with E-state index in [-0.39, 0.29) is 24.5 Å². The number of likely N-dealkylation sites (N-methyl/N-ethyl adjacent to an activating group) is 1. The van der Waals surface area contributed by atoms with Crippen molar-refractivity contribution in [3.05, 3.63) is 60.4 Å². The summed E-state index contributed by atoms with van der Waals surface area (Å²) in [6, 6.07) is 17.5. The van der Waals surface area contributed by atoms with Gasteiger partial charge in [0, 0.05) is 32.3 Å². The number of nitrogens with zero attached hydrogens (tertiary/aromatic N) is 3. The SMILES string of the molecule is CN(C(=O)Cn1c(CCCNC(=O)C2CCCO2)nc2ccccc21)c1ccccc1. The maximum Gasteiger partial charge on any atom is 0.249 e. The van der Waals surface area contributed by atoms with Crippen LogP contribution in [0, 0.1) is 0 Å². The Morgan fingerprint density at radius 1 is 1.16 bits per heavy atom. The van der Waals surface area contributed by atoms with Gasteiger partial charge in [-0.1, -0.05) is 30.3 Å². The number of aromatic nitrogens is 2. The zero-order valence-electron chi connectivity index (χ0n) is 17.8. The quantitative estimate of drug-likeness (QED) is 0.569. The molecule has 1 unspecified atom stereocenters. The molecule has 31 heavy (non-hydrogen) atoms. The van der Waals surface area contributed by atoms with E-state index in [0.717, 1.165) is 41.8 Å². The number of rotatable bonds is 8. The number of benzene rings is 2. The fraction of sp³-hybridized carbons (Fsp3) is 0.375. The Morgan fingerprint density at radius 2 is 1.94 bits per heavy atom. The summed E-state index contributed by atoms with van der Waals surface area (Å²) in [6.07, 6.45) is 2.83. The lowest BCUT2D eigenvalue weighted by Gasteiger charge is -2.19. The van der Waals surface area contributed by atoms with E-state index in [4.69, 9.17) is 9.72 Å². The van der Waals surface area contributed by atoms with Crippen LogP contribution < -0.4 is 10.2 Å². The van der Waals surface area contributed by atoms with Crippen molar-refractivity contribution in [2.24, 2.45) is 0 Å². The summed E-state index contributed by atoms with van der Waals surface area (Å²) < 4.78 is 7.41. The Balaban J connectivity index is 1.43. The minimum Gasteiger partial charge on any atom is -0.368 e. The number of hydrogen-bond acceptors (Lipinski definition) is 4. The molecule has 1 saturated heterocycles. The normalized spacial score (nSPS) is 15.8. The van der Waals surface area contributed by atoms with Gasteiger partial charge in [0.1, 0.15) is 18.5 Å². The molecule has 0 saturated carbocycles. The third kappa shape index (κ3) is 4.94. The van der Waals surface area contributed by atoms with Crippen LogP contribution in [0.2, 0.25) is 0 Å². The van der Waals surface area contributed by atoms with Gasteiger partial charge >= 0.3 is 0 Å². The van der Waals surface area contributed by atoms with Crippen LogP contribution in [-0.4, -0.2) is 47.7 Å². The smallest absolute Gasteiger partial charge is 0.249 e. The Morgan fingerprint density at radius 3 is 2.71 bits per heavy atom. The molecule has 1 aromatic heterocycles. The number of carbonyl (C=O) groups excluding carboxylic acids is 2. The van der Waals surface area contributed by atoms with Crippen molar-refractivity contribution in [3.8, 4) is 0 Å². The van der Waals surface area contributed by atoms with E-state index in [9.17, 15) is 9.59 Å². The molecule has 0 radical (unpaired) electrons. The van der Waals surface area contributed by atoms with E-state index >= 15 is 0 Å². The van der Waals surface area contributed by atoms with E-state index in [2.05, 4.69) is 5.32 Å².